The van der Waals surface area contributed by atoms with Crippen molar-refractivity contribution in [2.24, 2.45) is 10.5 Å². The second-order valence-electron chi connectivity index (χ2n) is 8.43. The first kappa shape index (κ1) is 20.9. The van der Waals surface area contributed by atoms with E-state index in [0.717, 1.165) is 34.5 Å². The summed E-state index contributed by atoms with van der Waals surface area (Å²) in [7, 11) is 0. The lowest BCUT2D eigenvalue weighted by Crippen LogP contribution is -2.67. The van der Waals surface area contributed by atoms with Crippen LogP contribution in [-0.4, -0.2) is 60.5 Å². The number of hydrogen-bond donors (Lipinski definition) is 1. The van der Waals surface area contributed by atoms with Crippen LogP contribution in [0.25, 0.3) is 0 Å². The summed E-state index contributed by atoms with van der Waals surface area (Å²) in [5, 5.41) is 16.4. The molecular weight excluding hydrogens is 480 g/mol. The first-order chi connectivity index (χ1) is 14.9. The van der Waals surface area contributed by atoms with Crippen LogP contribution >= 0.6 is 27.5 Å². The molecule has 0 aliphatic carbocycles. The van der Waals surface area contributed by atoms with E-state index in [2.05, 4.69) is 43.9 Å². The standard InChI is InChI=1S/C23H24BrClN4O2/c1-15-23(22(31)29(26-15)19-5-3-18(25)4-6-19)13-16-12-17(24)2-7-20(16)28-9-8-27(10-11-30)14-21(23)28/h2-7,12,21,30H,8-11,13-14H2,1H3/t21-,23-/m0/s1. The van der Waals surface area contributed by atoms with Gasteiger partial charge in [0.05, 0.1) is 24.0 Å². The van der Waals surface area contributed by atoms with Crippen molar-refractivity contribution in [1.82, 2.24) is 4.90 Å². The van der Waals surface area contributed by atoms with Crippen molar-refractivity contribution >= 4 is 50.5 Å². The number of nitrogens with zero attached hydrogens (tertiary/aromatic N) is 4. The number of benzene rings is 2. The Labute approximate surface area is 195 Å². The Morgan fingerprint density at radius 3 is 2.74 bits per heavy atom. The second-order valence-corrected chi connectivity index (χ2v) is 9.79. The third kappa shape index (κ3) is 3.30. The number of fused-ring (bicyclic) bond motifs is 4. The van der Waals surface area contributed by atoms with Gasteiger partial charge in [0.25, 0.3) is 5.91 Å². The quantitative estimate of drug-likeness (QED) is 0.696. The molecule has 0 bridgehead atoms. The van der Waals surface area contributed by atoms with Crippen LogP contribution in [0.1, 0.15) is 12.5 Å². The van der Waals surface area contributed by atoms with Gasteiger partial charge in [-0.15, -0.1) is 0 Å². The topological polar surface area (TPSA) is 59.4 Å². The van der Waals surface area contributed by atoms with Gasteiger partial charge in [-0.2, -0.15) is 10.1 Å². The zero-order chi connectivity index (χ0) is 21.8. The molecule has 0 unspecified atom stereocenters. The zero-order valence-corrected chi connectivity index (χ0v) is 19.6. The molecule has 1 saturated heterocycles. The summed E-state index contributed by atoms with van der Waals surface area (Å²) >= 11 is 9.66. The maximum Gasteiger partial charge on any atom is 0.261 e. The molecule has 2 aromatic rings. The number of hydrogen-bond acceptors (Lipinski definition) is 5. The fraction of sp³-hybridized carbons (Fsp3) is 0.391. The van der Waals surface area contributed by atoms with Crippen molar-refractivity contribution < 1.29 is 9.90 Å². The molecule has 0 saturated carbocycles. The summed E-state index contributed by atoms with van der Waals surface area (Å²) in [5.41, 5.74) is 3.15. The van der Waals surface area contributed by atoms with E-state index < -0.39 is 5.41 Å². The van der Waals surface area contributed by atoms with E-state index in [-0.39, 0.29) is 18.6 Å². The molecule has 31 heavy (non-hydrogen) atoms. The Hall–Kier alpha value is -1.93. The van der Waals surface area contributed by atoms with Crippen LogP contribution in [0.3, 0.4) is 0 Å². The molecule has 1 amide bonds. The molecule has 1 N–H and O–H groups in total. The third-order valence-corrected chi connectivity index (χ3v) is 7.56. The van der Waals surface area contributed by atoms with Gasteiger partial charge >= 0.3 is 0 Å². The van der Waals surface area contributed by atoms with E-state index in [0.29, 0.717) is 24.5 Å². The number of amides is 1. The molecule has 6 nitrogen and oxygen atoms in total. The summed E-state index contributed by atoms with van der Waals surface area (Å²) in [6, 6.07) is 13.5. The van der Waals surface area contributed by atoms with Crippen LogP contribution in [-0.2, 0) is 11.2 Å². The van der Waals surface area contributed by atoms with Gasteiger partial charge in [0.1, 0.15) is 5.41 Å². The highest BCUT2D eigenvalue weighted by Gasteiger charge is 2.59. The predicted octanol–water partition coefficient (Wildman–Crippen LogP) is 3.55. The highest BCUT2D eigenvalue weighted by atomic mass is 79.9. The lowest BCUT2D eigenvalue weighted by Gasteiger charge is -2.53. The van der Waals surface area contributed by atoms with Crippen LogP contribution in [0.2, 0.25) is 5.02 Å². The molecule has 2 aromatic carbocycles. The van der Waals surface area contributed by atoms with Gasteiger partial charge in [-0.3, -0.25) is 9.69 Å². The Morgan fingerprint density at radius 1 is 1.23 bits per heavy atom. The van der Waals surface area contributed by atoms with E-state index in [1.54, 1.807) is 12.1 Å². The zero-order valence-electron chi connectivity index (χ0n) is 17.3. The minimum Gasteiger partial charge on any atom is -0.395 e. The highest BCUT2D eigenvalue weighted by molar-refractivity contribution is 9.10. The van der Waals surface area contributed by atoms with Crippen molar-refractivity contribution in [3.05, 3.63) is 57.5 Å². The molecule has 2 atom stereocenters. The van der Waals surface area contributed by atoms with Gasteiger partial charge in [0.2, 0.25) is 0 Å². The average Bonchev–Trinajstić information content (AvgIpc) is 3.00. The van der Waals surface area contributed by atoms with Crippen LogP contribution in [0.4, 0.5) is 11.4 Å². The van der Waals surface area contributed by atoms with Crippen molar-refractivity contribution in [2.45, 2.75) is 19.4 Å². The summed E-state index contributed by atoms with van der Waals surface area (Å²) in [6.45, 7) is 5.07. The number of halogens is 2. The molecule has 3 aliphatic rings. The fourth-order valence-corrected chi connectivity index (χ4v) is 5.80. The summed E-state index contributed by atoms with van der Waals surface area (Å²) in [6.07, 6.45) is 0.605. The molecule has 3 aliphatic heterocycles. The van der Waals surface area contributed by atoms with E-state index in [4.69, 9.17) is 16.7 Å². The monoisotopic (exact) mass is 502 g/mol. The van der Waals surface area contributed by atoms with Gasteiger partial charge in [0, 0.05) is 41.4 Å². The predicted molar refractivity (Wildman–Crippen MR) is 127 cm³/mol. The molecule has 8 heteroatoms. The number of β-amino-alcohol motifs (C(OH)–C–C–N with tert-alkyl or cyclic N) is 1. The van der Waals surface area contributed by atoms with E-state index >= 15 is 0 Å². The first-order valence-electron chi connectivity index (χ1n) is 10.5. The third-order valence-electron chi connectivity index (χ3n) is 6.81. The molecule has 1 spiro atoms. The van der Waals surface area contributed by atoms with Crippen LogP contribution in [0.5, 0.6) is 0 Å². The Balaban J connectivity index is 1.61. The average molecular weight is 504 g/mol. The smallest absolute Gasteiger partial charge is 0.261 e. The Kier molecular flexibility index (Phi) is 5.33. The van der Waals surface area contributed by atoms with Crippen molar-refractivity contribution in [3.63, 3.8) is 0 Å². The van der Waals surface area contributed by atoms with Gasteiger partial charge in [0.15, 0.2) is 0 Å². The van der Waals surface area contributed by atoms with Crippen LogP contribution in [0, 0.1) is 5.41 Å². The molecule has 5 rings (SSSR count). The van der Waals surface area contributed by atoms with Crippen LogP contribution in [0.15, 0.2) is 52.0 Å². The van der Waals surface area contributed by atoms with Gasteiger partial charge < -0.3 is 10.0 Å². The summed E-state index contributed by atoms with van der Waals surface area (Å²) in [4.78, 5) is 18.7. The minimum absolute atomic E-state index is 0.00111. The maximum atomic E-state index is 14.1. The molecule has 1 fully saturated rings. The number of carbonyl (C=O) groups excluding carboxylic acids is 1. The number of anilines is 2. The van der Waals surface area contributed by atoms with Crippen molar-refractivity contribution in [2.75, 3.05) is 42.7 Å². The van der Waals surface area contributed by atoms with E-state index in [1.165, 1.54) is 10.7 Å². The molecule has 0 radical (unpaired) electrons. The maximum absolute atomic E-state index is 14.1. The van der Waals surface area contributed by atoms with E-state index in [9.17, 15) is 9.90 Å². The fourth-order valence-electron chi connectivity index (χ4n) is 5.26. The normalized spacial score (nSPS) is 25.6. The first-order valence-corrected chi connectivity index (χ1v) is 11.7. The SMILES string of the molecule is CC1=NN(c2ccc(Cl)cc2)C(=O)[C@@]12Cc1cc(Br)ccc1N1CCN(CCO)C[C@H]12. The van der Waals surface area contributed by atoms with Crippen LogP contribution < -0.4 is 9.91 Å². The summed E-state index contributed by atoms with van der Waals surface area (Å²) < 4.78 is 1.01. The van der Waals surface area contributed by atoms with Gasteiger partial charge in [-0.25, -0.2) is 0 Å². The Bertz CT molecular complexity index is 1060. The number of hydrazone groups is 1. The van der Waals surface area contributed by atoms with Gasteiger partial charge in [-0.05, 0) is 61.4 Å². The number of aliphatic hydroxyl groups is 1. The lowest BCUT2D eigenvalue weighted by atomic mass is 9.67. The number of piperazine rings is 1. The van der Waals surface area contributed by atoms with Gasteiger partial charge in [-0.1, -0.05) is 27.5 Å². The van der Waals surface area contributed by atoms with E-state index in [1.807, 2.05) is 19.1 Å². The molecule has 0 aromatic heterocycles. The molecule has 3 heterocycles. The number of aliphatic hydroxyl groups excluding tert-OH is 1. The highest BCUT2D eigenvalue weighted by Crippen LogP contribution is 2.48. The molecular formula is C23H24BrClN4O2. The second kappa shape index (κ2) is 7.89. The largest absolute Gasteiger partial charge is 0.395 e. The lowest BCUT2D eigenvalue weighted by molar-refractivity contribution is -0.125. The minimum atomic E-state index is -0.748. The summed E-state index contributed by atoms with van der Waals surface area (Å²) in [5.74, 6) is -0.00111. The Morgan fingerprint density at radius 2 is 2.00 bits per heavy atom. The molecule has 162 valence electrons. The number of carbonyl (C=O) groups is 1. The van der Waals surface area contributed by atoms with Crippen molar-refractivity contribution in [1.29, 1.82) is 0 Å². The number of rotatable bonds is 3. The van der Waals surface area contributed by atoms with Crippen molar-refractivity contribution in [3.8, 4) is 0 Å².